The third-order valence-electron chi connectivity index (χ3n) is 26.6. The number of hydrogen-bond acceptors (Lipinski definition) is 35. The molecule has 12 rings (SSSR count). The van der Waals surface area contributed by atoms with Crippen molar-refractivity contribution in [2.45, 2.75) is 322 Å². The lowest BCUT2D eigenvalue weighted by Crippen LogP contribution is -2.69. The zero-order valence-corrected chi connectivity index (χ0v) is 59.6. The molecular weight excluding hydrogens is 1390 g/mol. The predicted molar refractivity (Wildman–Crippen MR) is 343 cm³/mol. The molecule has 104 heavy (non-hydrogen) atoms. The highest BCUT2D eigenvalue weighted by Gasteiger charge is 2.72. The molecule has 0 bridgehead atoms. The molecule has 598 valence electrons. The Morgan fingerprint density at radius 2 is 0.971 bits per heavy atom. The van der Waals surface area contributed by atoms with Crippen molar-refractivity contribution in [2.75, 3.05) is 39.6 Å². The number of fused-ring (bicyclic) bond motifs is 7. The van der Waals surface area contributed by atoms with Gasteiger partial charge in [-0.25, -0.2) is 0 Å². The van der Waals surface area contributed by atoms with Crippen LogP contribution in [-0.2, 0) is 71.1 Å². The van der Waals surface area contributed by atoms with E-state index in [2.05, 4.69) is 40.7 Å². The molecule has 42 atom stereocenters. The molecule has 11 fully saturated rings. The summed E-state index contributed by atoms with van der Waals surface area (Å²) in [4.78, 5) is 16.1. The molecule has 0 aromatic heterocycles. The van der Waals surface area contributed by atoms with Gasteiger partial charge in [-0.3, -0.25) is 4.79 Å². The van der Waals surface area contributed by atoms with Crippen LogP contribution in [0.2, 0.25) is 0 Å². The Hall–Kier alpha value is -2.11. The molecule has 20 N–H and O–H groups in total. The highest BCUT2D eigenvalue weighted by atomic mass is 16.8. The SMILES string of the molecule is C[C@@H]1O[C@@H](O[C@H]2[C@@H](O)[C@H](O[C@@H]3[C@@H](OC(=O)[C@]45CCC(C)(C)C[C@H]4C4=CC[C@@H]6[C@@]7(C)C[C@H](O)[C@H](O[C@@H]8O[C@H](CO[C@@H]9O[C@H](CO)[C@@H](O)[C@H](O)[C@H]9O)[C@@H](O)[C@H](O)[C@H]8O)[C@@](C)(CO)[C@@H]7CC[C@@]6(C)[C@]4(C)CC5)OC[C@@H](O)[C@H]3O[C@@H]3OC[C@H](O)[C@H](O)[C@H]3O)O[C@@H](C)[C@@H]2O[C@@H]2OC[C@@H](O)[C@H](O)[C@H]2O)[C@H](O)[C@H](O)[C@H]1O. The first kappa shape index (κ1) is 81.4. The molecular formula is C69H112O35. The molecule has 0 amide bonds. The highest BCUT2D eigenvalue weighted by molar-refractivity contribution is 5.79. The van der Waals surface area contributed by atoms with E-state index in [1.807, 2.05) is 0 Å². The minimum absolute atomic E-state index is 0.146. The van der Waals surface area contributed by atoms with Gasteiger partial charge in [0.25, 0.3) is 0 Å². The third-order valence-corrected chi connectivity index (χ3v) is 26.6. The fraction of sp³-hybridized carbons (Fsp3) is 0.957. The molecule has 7 heterocycles. The monoisotopic (exact) mass is 1500 g/mol. The van der Waals surface area contributed by atoms with E-state index in [9.17, 15) is 102 Å². The summed E-state index contributed by atoms with van der Waals surface area (Å²) >= 11 is 0. The third kappa shape index (κ3) is 14.1. The van der Waals surface area contributed by atoms with Crippen molar-refractivity contribution in [3.8, 4) is 0 Å². The van der Waals surface area contributed by atoms with E-state index in [0.717, 1.165) is 5.57 Å². The summed E-state index contributed by atoms with van der Waals surface area (Å²) in [5.74, 6) is -1.68. The van der Waals surface area contributed by atoms with Gasteiger partial charge in [0.2, 0.25) is 6.29 Å². The molecule has 35 heteroatoms. The lowest BCUT2D eigenvalue weighted by molar-refractivity contribution is -0.397. The second-order valence-electron chi connectivity index (χ2n) is 33.4. The maximum Gasteiger partial charge on any atom is 0.315 e. The Balaban J connectivity index is 0.811. The van der Waals surface area contributed by atoms with Crippen molar-refractivity contribution in [2.24, 2.45) is 50.2 Å². The molecule has 7 saturated heterocycles. The topological polar surface area (TPSA) is 551 Å². The smallest absolute Gasteiger partial charge is 0.315 e. The van der Waals surface area contributed by atoms with Gasteiger partial charge in [-0.15, -0.1) is 0 Å². The average molecular weight is 1500 g/mol. The van der Waals surface area contributed by atoms with Gasteiger partial charge in [0.15, 0.2) is 43.8 Å². The van der Waals surface area contributed by atoms with E-state index in [0.29, 0.717) is 44.9 Å². The number of aliphatic hydroxyl groups is 20. The first-order valence-corrected chi connectivity index (χ1v) is 36.6. The second-order valence-corrected chi connectivity index (χ2v) is 33.4. The van der Waals surface area contributed by atoms with Crippen molar-refractivity contribution in [1.29, 1.82) is 0 Å². The van der Waals surface area contributed by atoms with E-state index in [1.165, 1.54) is 13.8 Å². The summed E-state index contributed by atoms with van der Waals surface area (Å²) in [6.07, 6.45) is -51.6. The maximum absolute atomic E-state index is 16.1. The largest absolute Gasteiger partial charge is 0.432 e. The molecule has 0 spiro atoms. The van der Waals surface area contributed by atoms with Crippen LogP contribution in [0, 0.1) is 50.2 Å². The van der Waals surface area contributed by atoms with E-state index in [4.69, 9.17) is 66.3 Å². The van der Waals surface area contributed by atoms with Crippen LogP contribution in [0.1, 0.15) is 113 Å². The van der Waals surface area contributed by atoms with Gasteiger partial charge in [-0.1, -0.05) is 53.2 Å². The lowest BCUT2D eigenvalue weighted by atomic mass is 9.33. The number of aliphatic hydroxyl groups excluding tert-OH is 20. The van der Waals surface area contributed by atoms with E-state index in [-0.39, 0.29) is 30.1 Å². The summed E-state index contributed by atoms with van der Waals surface area (Å²) in [5, 5.41) is 220. The fourth-order valence-corrected chi connectivity index (χ4v) is 20.1. The van der Waals surface area contributed by atoms with Crippen molar-refractivity contribution in [3.63, 3.8) is 0 Å². The summed E-state index contributed by atoms with van der Waals surface area (Å²) in [5.41, 5.74) is -3.62. The molecule has 0 aromatic carbocycles. The molecule has 7 aliphatic heterocycles. The normalized spacial score (nSPS) is 55.6. The fourth-order valence-electron chi connectivity index (χ4n) is 20.1. The first-order valence-electron chi connectivity index (χ1n) is 36.6. The Bertz CT molecular complexity index is 2960. The van der Waals surface area contributed by atoms with Gasteiger partial charge < -0.3 is 168 Å². The molecule has 12 aliphatic rings. The number of carbonyl (C=O) groups excluding carboxylic acids is 1. The van der Waals surface area contributed by atoms with Crippen molar-refractivity contribution < 1.29 is 173 Å². The van der Waals surface area contributed by atoms with E-state index < -0.39 is 287 Å². The van der Waals surface area contributed by atoms with Gasteiger partial charge in [0.1, 0.15) is 134 Å². The van der Waals surface area contributed by atoms with Crippen LogP contribution in [0.25, 0.3) is 0 Å². The Kier molecular flexibility index (Phi) is 24.1. The summed E-state index contributed by atoms with van der Waals surface area (Å²) in [6.45, 7) is 12.0. The molecule has 0 aromatic rings. The molecule has 4 saturated carbocycles. The van der Waals surface area contributed by atoms with Crippen LogP contribution in [0.5, 0.6) is 0 Å². The van der Waals surface area contributed by atoms with Crippen LogP contribution >= 0.6 is 0 Å². The average Bonchev–Trinajstić information content (AvgIpc) is 0.672. The minimum atomic E-state index is -2.10. The summed E-state index contributed by atoms with van der Waals surface area (Å²) in [6, 6.07) is 0. The quantitative estimate of drug-likeness (QED) is 0.0366. The Morgan fingerprint density at radius 3 is 1.60 bits per heavy atom. The zero-order chi connectivity index (χ0) is 75.7. The Labute approximate surface area is 600 Å². The predicted octanol–water partition coefficient (Wildman–Crippen LogP) is -6.65. The van der Waals surface area contributed by atoms with Crippen molar-refractivity contribution >= 4 is 5.97 Å². The molecule has 0 unspecified atom stereocenters. The Morgan fingerprint density at radius 1 is 0.462 bits per heavy atom. The molecule has 35 nitrogen and oxygen atoms in total. The summed E-state index contributed by atoms with van der Waals surface area (Å²) < 4.78 is 85.1. The first-order chi connectivity index (χ1) is 48.8. The number of ether oxygens (including phenoxy) is 14. The maximum atomic E-state index is 16.1. The van der Waals surface area contributed by atoms with Gasteiger partial charge in [0.05, 0.1) is 69.5 Å². The van der Waals surface area contributed by atoms with Crippen LogP contribution in [0.3, 0.4) is 0 Å². The van der Waals surface area contributed by atoms with Gasteiger partial charge in [0, 0.05) is 5.41 Å². The lowest BCUT2D eigenvalue weighted by Gasteiger charge is -2.72. The van der Waals surface area contributed by atoms with Crippen molar-refractivity contribution in [1.82, 2.24) is 0 Å². The van der Waals surface area contributed by atoms with Gasteiger partial charge in [-0.2, -0.15) is 0 Å². The van der Waals surface area contributed by atoms with Crippen LogP contribution < -0.4 is 0 Å². The van der Waals surface area contributed by atoms with Gasteiger partial charge >= 0.3 is 5.97 Å². The second kappa shape index (κ2) is 30.8. The minimum Gasteiger partial charge on any atom is -0.432 e. The number of esters is 1. The number of carbonyl (C=O) groups is 1. The molecule has 5 aliphatic carbocycles. The van der Waals surface area contributed by atoms with Crippen LogP contribution in [-0.4, -0.2) is 357 Å². The number of allylic oxidation sites excluding steroid dienone is 2. The number of rotatable bonds is 17. The number of hydrogen-bond donors (Lipinski definition) is 20. The molecule has 0 radical (unpaired) electrons. The van der Waals surface area contributed by atoms with Crippen LogP contribution in [0.15, 0.2) is 11.6 Å². The standard InChI is InChI=1S/C69H112O35/c1-25-37(76)42(81)48(87)59(95-25)101-53-50(89)61(96-26(2)51(53)99-57-45(84)38(77)30(73)20-91-57)102-54-52(100-58-46(85)39(78)31(74)21-92-58)32(75)22-93-62(54)104-63(90)69-15-13-64(3,4)17-28(69)27-9-10-36-65(5)18-29(72)55(66(6,24-71)35(65)11-12-68(36,8)67(27,7)14-16-69)103-60-49(88)44(83)41(80)34(98-60)23-94-56-47(86)43(82)40(79)33(19-70)97-56/h9,25-26,28-62,70-89H,10-24H2,1-8H3/t25-,26-,28-,29-,30+,31-,32+,33+,34+,35+,36+,37-,38-,39-,40+,41+,42+,43-,44-,45+,46+,47+,48+,49+,50+,51-,52+,53-,54-,55-,56+,57-,58-,59-,60-,61-,62+,65-,66-,67+,68+,69-/m0/s1. The highest BCUT2D eigenvalue weighted by Crippen LogP contribution is 2.76. The zero-order valence-electron chi connectivity index (χ0n) is 59.6. The van der Waals surface area contributed by atoms with Gasteiger partial charge in [-0.05, 0) is 111 Å². The van der Waals surface area contributed by atoms with Crippen LogP contribution in [0.4, 0.5) is 0 Å². The van der Waals surface area contributed by atoms with Crippen molar-refractivity contribution in [3.05, 3.63) is 11.6 Å². The summed E-state index contributed by atoms with van der Waals surface area (Å²) in [7, 11) is 0. The van der Waals surface area contributed by atoms with E-state index in [1.54, 1.807) is 6.92 Å². The van der Waals surface area contributed by atoms with E-state index >= 15 is 4.79 Å².